The number of hydrogen-bond acceptors (Lipinski definition) is 3. The van der Waals surface area contributed by atoms with Gasteiger partial charge in [0.2, 0.25) is 0 Å². The molecule has 0 aliphatic heterocycles. The Bertz CT molecular complexity index is 236. The van der Waals surface area contributed by atoms with Crippen LogP contribution in [-0.2, 0) is 0 Å². The molecular weight excluding hydrogens is 216 g/mol. The van der Waals surface area contributed by atoms with Crippen molar-refractivity contribution in [2.45, 2.75) is 5.56 Å². The van der Waals surface area contributed by atoms with E-state index in [2.05, 4.69) is 16.0 Å². The fourth-order valence-electron chi connectivity index (χ4n) is 0.430. The third kappa shape index (κ3) is 1.54. The van der Waals surface area contributed by atoms with E-state index in [0.29, 0.717) is 15.1 Å². The lowest BCUT2D eigenvalue weighted by Gasteiger charge is -1.85. The van der Waals surface area contributed by atoms with Crippen molar-refractivity contribution in [2.75, 3.05) is 0 Å². The van der Waals surface area contributed by atoms with Crippen molar-refractivity contribution in [1.82, 2.24) is 4.37 Å². The average molecular weight is 221 g/mol. The van der Waals surface area contributed by atoms with Gasteiger partial charge in [-0.05, 0) is 11.5 Å². The van der Waals surface area contributed by atoms with Gasteiger partial charge in [-0.25, -0.2) is 0 Å². The maximum absolute atomic E-state index is 8.87. The van der Waals surface area contributed by atoms with Crippen molar-refractivity contribution < 1.29 is 28.3 Å². The second kappa shape index (κ2) is 3.24. The number of hydrogen-bond donors (Lipinski definition) is 1. The Labute approximate surface area is 76.5 Å². The Morgan fingerprint density at radius 2 is 2.30 bits per heavy atom. The largest absolute Gasteiger partial charge is 0.348 e. The first-order valence-corrected chi connectivity index (χ1v) is 4.32. The Hall–Kier alpha value is 0.460. The molecule has 1 rings (SSSR count). The van der Waals surface area contributed by atoms with Crippen molar-refractivity contribution in [3.05, 3.63) is 15.1 Å². The number of alkyl halides is 1. The van der Waals surface area contributed by atoms with E-state index in [1.807, 2.05) is 0 Å². The predicted octanol–water partition coefficient (Wildman–Crippen LogP) is 0.765. The third-order valence-corrected chi connectivity index (χ3v) is 3.16. The van der Waals surface area contributed by atoms with Crippen LogP contribution in [0.2, 0.25) is 10.2 Å². The Morgan fingerprint density at radius 3 is 2.50 bits per heavy atom. The molecule has 1 atom stereocenters. The number of aromatic nitrogens is 1. The fourth-order valence-corrected chi connectivity index (χ4v) is 1.87. The lowest BCUT2D eigenvalue weighted by Crippen LogP contribution is -1.87. The van der Waals surface area contributed by atoms with Gasteiger partial charge in [0.15, 0.2) is 16.6 Å². The Morgan fingerprint density at radius 1 is 1.70 bits per heavy atom. The van der Waals surface area contributed by atoms with E-state index in [0.717, 1.165) is 11.5 Å². The molecule has 1 unspecified atom stereocenters. The standard InChI is InChI=1S/C4H4Cl3NOS/c5-1-2(4(7)9)10-8-3(1)6/h4,6-7,9H/q+2. The summed E-state index contributed by atoms with van der Waals surface area (Å²) in [4.78, 5) is 0.460. The third-order valence-electron chi connectivity index (χ3n) is 0.855. The Kier molecular flexibility index (Phi) is 2.77. The van der Waals surface area contributed by atoms with E-state index in [1.54, 1.807) is 0 Å². The van der Waals surface area contributed by atoms with E-state index >= 15 is 0 Å². The molecular formula is C4H4Cl3NOS+2. The molecule has 1 aromatic heterocycles. The van der Waals surface area contributed by atoms with Crippen LogP contribution in [0.25, 0.3) is 0 Å². The van der Waals surface area contributed by atoms with Gasteiger partial charge in [-0.15, -0.1) is 4.37 Å². The highest BCUT2D eigenvalue weighted by molar-refractivity contribution is 7.06. The van der Waals surface area contributed by atoms with Crippen LogP contribution in [-0.4, -0.2) is 9.48 Å². The number of halogens is 3. The molecule has 0 saturated heterocycles. The van der Waals surface area contributed by atoms with E-state index < -0.39 is 5.56 Å². The van der Waals surface area contributed by atoms with Crippen molar-refractivity contribution in [1.29, 1.82) is 0 Å². The maximum atomic E-state index is 8.87. The number of rotatable bonds is 1. The molecule has 0 spiro atoms. The highest BCUT2D eigenvalue weighted by atomic mass is 35.5. The van der Waals surface area contributed by atoms with E-state index in [-0.39, 0.29) is 0 Å². The van der Waals surface area contributed by atoms with Crippen molar-refractivity contribution in [2.24, 2.45) is 0 Å². The summed E-state index contributed by atoms with van der Waals surface area (Å²) in [5, 5.41) is 9.49. The molecule has 56 valence electrons. The van der Waals surface area contributed by atoms with E-state index in [1.165, 1.54) is 0 Å². The van der Waals surface area contributed by atoms with Gasteiger partial charge >= 0.3 is 10.7 Å². The molecule has 1 N–H and O–H groups in total. The van der Waals surface area contributed by atoms with Crippen LogP contribution in [0.15, 0.2) is 0 Å². The summed E-state index contributed by atoms with van der Waals surface area (Å²) in [5.41, 5.74) is -0.985. The van der Waals surface area contributed by atoms with E-state index in [9.17, 15) is 0 Å². The quantitative estimate of drug-likeness (QED) is 0.709. The first-order valence-electron chi connectivity index (χ1n) is 2.29. The summed E-state index contributed by atoms with van der Waals surface area (Å²) in [5.74, 6) is 0. The van der Waals surface area contributed by atoms with Crippen LogP contribution in [0.1, 0.15) is 10.4 Å². The van der Waals surface area contributed by atoms with Crippen LogP contribution in [0, 0.1) is 23.2 Å². The van der Waals surface area contributed by atoms with Gasteiger partial charge in [-0.2, -0.15) is 0 Å². The van der Waals surface area contributed by atoms with Crippen LogP contribution < -0.4 is 0 Å². The lowest BCUT2D eigenvalue weighted by molar-refractivity contribution is -0.489. The summed E-state index contributed by atoms with van der Waals surface area (Å²) in [7, 11) is 0. The van der Waals surface area contributed by atoms with Crippen molar-refractivity contribution >= 4 is 23.1 Å². The molecule has 0 amide bonds. The highest BCUT2D eigenvalue weighted by Crippen LogP contribution is 2.29. The molecule has 1 heterocycles. The van der Waals surface area contributed by atoms with Gasteiger partial charge in [0.1, 0.15) is 16.5 Å². The van der Waals surface area contributed by atoms with Crippen LogP contribution in [0.4, 0.5) is 0 Å². The minimum atomic E-state index is -0.985. The molecule has 0 saturated carbocycles. The summed E-state index contributed by atoms with van der Waals surface area (Å²) >= 11 is 15.9. The number of aliphatic hydroxyl groups is 1. The summed E-state index contributed by atoms with van der Waals surface area (Å²) in [6, 6.07) is 0. The van der Waals surface area contributed by atoms with Gasteiger partial charge in [-0.1, -0.05) is 11.6 Å². The topological polar surface area (TPSA) is 33.1 Å². The minimum Gasteiger partial charge on any atom is -0.337 e. The van der Waals surface area contributed by atoms with Gasteiger partial charge in [0.05, 0.1) is 0 Å². The molecule has 0 aliphatic carbocycles. The van der Waals surface area contributed by atoms with Crippen molar-refractivity contribution in [3.8, 4) is 0 Å². The van der Waals surface area contributed by atoms with Gasteiger partial charge < -0.3 is 5.11 Å². The SMILES string of the molecule is OC([ClH+])c1snc([ClH+])c1Cl. The molecule has 0 fully saturated rings. The zero-order valence-corrected chi connectivity index (χ0v) is 7.78. The average Bonchev–Trinajstić information content (AvgIpc) is 2.14. The van der Waals surface area contributed by atoms with Crippen LogP contribution >= 0.6 is 23.1 Å². The number of nitrogens with zero attached hydrogens (tertiary/aromatic N) is 1. The Balaban J connectivity index is 3.05. The molecule has 6 heteroatoms. The first kappa shape index (κ1) is 8.56. The predicted molar refractivity (Wildman–Crippen MR) is 34.0 cm³/mol. The second-order valence-corrected chi connectivity index (χ2v) is 3.53. The molecule has 10 heavy (non-hydrogen) atoms. The number of aliphatic hydroxyl groups excluding tert-OH is 1. The minimum absolute atomic E-state index is 0.308. The zero-order chi connectivity index (χ0) is 7.72. The zero-order valence-electron chi connectivity index (χ0n) is 4.57. The van der Waals surface area contributed by atoms with Gasteiger partial charge in [0, 0.05) is 0 Å². The molecule has 0 aromatic carbocycles. The van der Waals surface area contributed by atoms with Gasteiger partial charge in [-0.3, -0.25) is 0 Å². The smallest absolute Gasteiger partial charge is 0.337 e. The first-order chi connectivity index (χ1) is 4.63. The normalized spacial score (nSPS) is 13.6. The molecule has 2 nitrogen and oxygen atoms in total. The maximum Gasteiger partial charge on any atom is 0.348 e. The van der Waals surface area contributed by atoms with Crippen molar-refractivity contribution in [3.63, 3.8) is 0 Å². The van der Waals surface area contributed by atoms with E-state index in [4.69, 9.17) is 28.3 Å². The lowest BCUT2D eigenvalue weighted by atomic mass is 10.5. The second-order valence-electron chi connectivity index (χ2n) is 1.52. The summed E-state index contributed by atoms with van der Waals surface area (Å²) in [6.07, 6.45) is 0. The molecule has 0 bridgehead atoms. The summed E-state index contributed by atoms with van der Waals surface area (Å²) in [6.45, 7) is 0. The monoisotopic (exact) mass is 219 g/mol. The van der Waals surface area contributed by atoms with Gasteiger partial charge in [0.25, 0.3) is 0 Å². The summed E-state index contributed by atoms with van der Waals surface area (Å²) < 4.78 is 3.74. The van der Waals surface area contributed by atoms with Crippen LogP contribution in [0.5, 0.6) is 0 Å². The molecule has 0 radical (unpaired) electrons. The van der Waals surface area contributed by atoms with Crippen LogP contribution in [0.3, 0.4) is 0 Å². The highest BCUT2D eigenvalue weighted by Gasteiger charge is 2.24. The molecule has 1 aromatic rings. The fraction of sp³-hybridized carbons (Fsp3) is 0.250. The molecule has 0 aliphatic rings.